The van der Waals surface area contributed by atoms with E-state index in [2.05, 4.69) is 50.9 Å². The molecule has 1 aliphatic heterocycles. The van der Waals surface area contributed by atoms with E-state index in [0.717, 1.165) is 18.8 Å². The third kappa shape index (κ3) is 3.88. The number of hydrogen-bond donors (Lipinski definition) is 2. The molecule has 1 aliphatic carbocycles. The van der Waals surface area contributed by atoms with Gasteiger partial charge in [-0.15, -0.1) is 11.3 Å². The highest BCUT2D eigenvalue weighted by atomic mass is 32.1. The summed E-state index contributed by atoms with van der Waals surface area (Å²) in [6.45, 7) is 3.04. The van der Waals surface area contributed by atoms with Crippen LogP contribution in [0.25, 0.3) is 0 Å². The highest BCUT2D eigenvalue weighted by Crippen LogP contribution is 2.29. The summed E-state index contributed by atoms with van der Waals surface area (Å²) in [4.78, 5) is 8.59. The maximum atomic E-state index is 6.18. The van der Waals surface area contributed by atoms with Crippen LogP contribution in [-0.4, -0.2) is 30.5 Å². The molecule has 1 aromatic carbocycles. The Morgan fingerprint density at radius 3 is 2.80 bits per heavy atom. The molecule has 1 unspecified atom stereocenters. The molecular formula is C20H26N4S. The molecule has 5 heteroatoms. The van der Waals surface area contributed by atoms with Crippen molar-refractivity contribution in [1.82, 2.24) is 4.90 Å². The number of aliphatic imine (C=N–C) groups is 1. The Hall–Kier alpha value is -1.85. The third-order valence-corrected chi connectivity index (χ3v) is 6.23. The van der Waals surface area contributed by atoms with Gasteiger partial charge in [0.05, 0.1) is 12.6 Å². The molecule has 2 aromatic rings. The summed E-state index contributed by atoms with van der Waals surface area (Å²) >= 11 is 1.81. The van der Waals surface area contributed by atoms with Crippen molar-refractivity contribution in [2.75, 3.05) is 25.0 Å². The number of aryl methyl sites for hydroxylation is 2. The van der Waals surface area contributed by atoms with Gasteiger partial charge in [-0.1, -0.05) is 12.1 Å². The number of thiophene rings is 1. The van der Waals surface area contributed by atoms with E-state index in [0.29, 0.717) is 18.5 Å². The fraction of sp³-hybridized carbons (Fsp3) is 0.450. The van der Waals surface area contributed by atoms with E-state index in [-0.39, 0.29) is 0 Å². The van der Waals surface area contributed by atoms with Crippen LogP contribution in [0.5, 0.6) is 0 Å². The Labute approximate surface area is 153 Å². The van der Waals surface area contributed by atoms with Gasteiger partial charge in [0.1, 0.15) is 0 Å². The van der Waals surface area contributed by atoms with E-state index in [1.54, 1.807) is 0 Å². The Bertz CT molecular complexity index is 732. The average Bonchev–Trinajstić information content (AvgIpc) is 3.37. The zero-order valence-corrected chi connectivity index (χ0v) is 15.4. The number of guanidine groups is 1. The Morgan fingerprint density at radius 1 is 1.16 bits per heavy atom. The summed E-state index contributed by atoms with van der Waals surface area (Å²) in [5.74, 6) is 0.513. The predicted molar refractivity (Wildman–Crippen MR) is 106 cm³/mol. The topological polar surface area (TPSA) is 53.6 Å². The number of nitrogens with zero attached hydrogens (tertiary/aromatic N) is 2. The van der Waals surface area contributed by atoms with Crippen molar-refractivity contribution in [3.8, 4) is 0 Å². The molecule has 132 valence electrons. The number of nitrogens with two attached hydrogens (primary N) is 1. The second kappa shape index (κ2) is 7.58. The van der Waals surface area contributed by atoms with Gasteiger partial charge in [0, 0.05) is 10.6 Å². The van der Waals surface area contributed by atoms with E-state index in [9.17, 15) is 0 Å². The van der Waals surface area contributed by atoms with Crippen LogP contribution in [0.1, 0.15) is 41.3 Å². The largest absolute Gasteiger partial charge is 0.370 e. The minimum atomic E-state index is 0.350. The predicted octanol–water partition coefficient (Wildman–Crippen LogP) is 3.80. The normalized spacial score (nSPS) is 19.1. The summed E-state index contributed by atoms with van der Waals surface area (Å²) in [5.41, 5.74) is 10.2. The lowest BCUT2D eigenvalue weighted by molar-refractivity contribution is 0.255. The number of hydrogen-bond acceptors (Lipinski definition) is 3. The summed E-state index contributed by atoms with van der Waals surface area (Å²) in [5, 5.41) is 5.42. The van der Waals surface area contributed by atoms with Crippen LogP contribution in [0, 0.1) is 0 Å². The first kappa shape index (κ1) is 16.6. The quantitative estimate of drug-likeness (QED) is 0.634. The summed E-state index contributed by atoms with van der Waals surface area (Å²) in [6.07, 6.45) is 6.22. The number of fused-ring (bicyclic) bond motifs is 1. The van der Waals surface area contributed by atoms with E-state index >= 15 is 0 Å². The van der Waals surface area contributed by atoms with Crippen molar-refractivity contribution in [2.24, 2.45) is 10.7 Å². The highest BCUT2D eigenvalue weighted by Gasteiger charge is 2.24. The van der Waals surface area contributed by atoms with Crippen molar-refractivity contribution in [3.63, 3.8) is 0 Å². The summed E-state index contributed by atoms with van der Waals surface area (Å²) in [7, 11) is 0. The smallest absolute Gasteiger partial charge is 0.193 e. The third-order valence-electron chi connectivity index (χ3n) is 5.26. The molecule has 3 N–H and O–H groups in total. The van der Waals surface area contributed by atoms with Crippen LogP contribution in [0.3, 0.4) is 0 Å². The van der Waals surface area contributed by atoms with Crippen molar-refractivity contribution in [2.45, 2.75) is 38.1 Å². The lowest BCUT2D eigenvalue weighted by Gasteiger charge is -2.25. The first-order chi connectivity index (χ1) is 12.3. The van der Waals surface area contributed by atoms with Gasteiger partial charge < -0.3 is 11.1 Å². The summed E-state index contributed by atoms with van der Waals surface area (Å²) in [6, 6.07) is 11.2. The van der Waals surface area contributed by atoms with Gasteiger partial charge in [-0.05, 0) is 79.9 Å². The van der Waals surface area contributed by atoms with Crippen LogP contribution in [0.15, 0.2) is 40.7 Å². The molecule has 1 atom stereocenters. The van der Waals surface area contributed by atoms with Gasteiger partial charge in [-0.25, -0.2) is 0 Å². The molecule has 0 saturated carbocycles. The molecule has 1 fully saturated rings. The van der Waals surface area contributed by atoms with Gasteiger partial charge in [0.2, 0.25) is 0 Å². The summed E-state index contributed by atoms with van der Waals surface area (Å²) < 4.78 is 0. The minimum Gasteiger partial charge on any atom is -0.370 e. The molecule has 25 heavy (non-hydrogen) atoms. The lowest BCUT2D eigenvalue weighted by Crippen LogP contribution is -2.29. The van der Waals surface area contributed by atoms with Crippen molar-refractivity contribution < 1.29 is 0 Å². The maximum Gasteiger partial charge on any atom is 0.193 e. The first-order valence-corrected chi connectivity index (χ1v) is 10.1. The van der Waals surface area contributed by atoms with Gasteiger partial charge in [0.15, 0.2) is 5.96 Å². The number of nitrogens with one attached hydrogen (secondary N) is 1. The van der Waals surface area contributed by atoms with Crippen LogP contribution < -0.4 is 11.1 Å². The molecule has 0 spiro atoms. The van der Waals surface area contributed by atoms with E-state index in [1.165, 1.54) is 48.1 Å². The van der Waals surface area contributed by atoms with Crippen molar-refractivity contribution >= 4 is 23.0 Å². The Morgan fingerprint density at radius 2 is 2.00 bits per heavy atom. The lowest BCUT2D eigenvalue weighted by atomic mass is 10.1. The Kier molecular flexibility index (Phi) is 5.04. The SMILES string of the molecule is NC(=NCC(c1cccs1)N1CCCC1)Nc1ccc2c(c1)CCC2. The molecule has 0 radical (unpaired) electrons. The first-order valence-electron chi connectivity index (χ1n) is 9.26. The molecule has 1 saturated heterocycles. The van der Waals surface area contributed by atoms with E-state index in [4.69, 9.17) is 5.73 Å². The number of anilines is 1. The Balaban J connectivity index is 1.43. The molecule has 0 bridgehead atoms. The van der Waals surface area contributed by atoms with Crippen LogP contribution in [-0.2, 0) is 12.8 Å². The zero-order chi connectivity index (χ0) is 17.1. The maximum absolute atomic E-state index is 6.18. The highest BCUT2D eigenvalue weighted by molar-refractivity contribution is 7.10. The molecule has 0 amide bonds. The molecule has 1 aromatic heterocycles. The molecular weight excluding hydrogens is 328 g/mol. The van der Waals surface area contributed by atoms with Gasteiger partial charge in [-0.3, -0.25) is 9.89 Å². The standard InChI is InChI=1S/C20H26N4S/c21-20(23-17-9-8-15-5-3-6-16(15)13-17)22-14-18(19-7-4-12-25-19)24-10-1-2-11-24/h4,7-9,12-13,18H,1-3,5-6,10-11,14H2,(H3,21,22,23). The zero-order valence-electron chi connectivity index (χ0n) is 14.6. The second-order valence-corrected chi connectivity index (χ2v) is 7.94. The number of likely N-dealkylation sites (tertiary alicyclic amines) is 1. The van der Waals surface area contributed by atoms with Gasteiger partial charge in [0.25, 0.3) is 0 Å². The fourth-order valence-corrected chi connectivity index (χ4v) is 4.79. The van der Waals surface area contributed by atoms with Crippen molar-refractivity contribution in [3.05, 3.63) is 51.7 Å². The van der Waals surface area contributed by atoms with Gasteiger partial charge in [-0.2, -0.15) is 0 Å². The molecule has 4 nitrogen and oxygen atoms in total. The average molecular weight is 355 g/mol. The number of benzene rings is 1. The minimum absolute atomic E-state index is 0.350. The molecule has 2 aliphatic rings. The van der Waals surface area contributed by atoms with Gasteiger partial charge >= 0.3 is 0 Å². The van der Waals surface area contributed by atoms with E-state index in [1.807, 2.05) is 11.3 Å². The molecule has 2 heterocycles. The molecule has 4 rings (SSSR count). The van der Waals surface area contributed by atoms with Crippen LogP contribution in [0.2, 0.25) is 0 Å². The number of rotatable bonds is 5. The second-order valence-electron chi connectivity index (χ2n) is 6.96. The monoisotopic (exact) mass is 354 g/mol. The van der Waals surface area contributed by atoms with E-state index < -0.39 is 0 Å². The van der Waals surface area contributed by atoms with Crippen LogP contribution >= 0.6 is 11.3 Å². The van der Waals surface area contributed by atoms with Crippen molar-refractivity contribution in [1.29, 1.82) is 0 Å². The fourth-order valence-electron chi connectivity index (χ4n) is 3.94. The van der Waals surface area contributed by atoms with Crippen LogP contribution in [0.4, 0.5) is 5.69 Å².